The molecule has 5 heteroatoms. The summed E-state index contributed by atoms with van der Waals surface area (Å²) in [6.45, 7) is 1.93. The van der Waals surface area contributed by atoms with Crippen LogP contribution in [0.2, 0.25) is 0 Å². The van der Waals surface area contributed by atoms with Gasteiger partial charge in [0.2, 0.25) is 5.91 Å². The third kappa shape index (κ3) is 3.89. The second-order valence-corrected chi connectivity index (χ2v) is 6.16. The molecule has 0 saturated carbocycles. The highest BCUT2D eigenvalue weighted by molar-refractivity contribution is 7.13. The van der Waals surface area contributed by atoms with Crippen LogP contribution in [0.15, 0.2) is 35.7 Å². The average molecular weight is 301 g/mol. The highest BCUT2D eigenvalue weighted by Gasteiger charge is 2.16. The first-order valence-electron chi connectivity index (χ1n) is 7.31. The van der Waals surface area contributed by atoms with Gasteiger partial charge in [0.25, 0.3) is 0 Å². The van der Waals surface area contributed by atoms with Gasteiger partial charge in [0.15, 0.2) is 0 Å². The molecule has 3 rings (SSSR count). The molecule has 2 heterocycles. The minimum Gasteiger partial charge on any atom is -0.352 e. The Morgan fingerprint density at radius 3 is 3.00 bits per heavy atom. The minimum atomic E-state index is 0.0635. The lowest BCUT2D eigenvalue weighted by Crippen LogP contribution is -2.46. The molecule has 1 atom stereocenters. The van der Waals surface area contributed by atoms with Crippen molar-refractivity contribution < 1.29 is 4.79 Å². The van der Waals surface area contributed by atoms with E-state index in [1.165, 1.54) is 0 Å². The van der Waals surface area contributed by atoms with E-state index in [0.29, 0.717) is 6.42 Å². The van der Waals surface area contributed by atoms with Crippen molar-refractivity contribution in [2.45, 2.75) is 25.3 Å². The summed E-state index contributed by atoms with van der Waals surface area (Å²) in [5.74, 6) is 0.0635. The highest BCUT2D eigenvalue weighted by atomic mass is 32.1. The molecule has 1 saturated heterocycles. The number of rotatable bonds is 4. The van der Waals surface area contributed by atoms with Gasteiger partial charge in [-0.1, -0.05) is 30.3 Å². The molecule has 2 N–H and O–H groups in total. The normalized spacial score (nSPS) is 18.4. The summed E-state index contributed by atoms with van der Waals surface area (Å²) in [5.41, 5.74) is 1.95. The predicted molar refractivity (Wildman–Crippen MR) is 85.3 cm³/mol. The molecular formula is C16H19N3OS. The molecule has 2 aromatic rings. The Bertz CT molecular complexity index is 591. The lowest BCUT2D eigenvalue weighted by molar-refractivity contribution is -0.121. The first-order chi connectivity index (χ1) is 10.3. The number of aromatic nitrogens is 1. The van der Waals surface area contributed by atoms with Gasteiger partial charge >= 0.3 is 0 Å². The third-order valence-electron chi connectivity index (χ3n) is 3.58. The molecule has 1 aliphatic rings. The van der Waals surface area contributed by atoms with Crippen molar-refractivity contribution >= 4 is 17.2 Å². The molecule has 4 nitrogen and oxygen atoms in total. The lowest BCUT2D eigenvalue weighted by Gasteiger charge is -2.23. The summed E-state index contributed by atoms with van der Waals surface area (Å²) in [6.07, 6.45) is 2.55. The molecule has 1 fully saturated rings. The number of hydrogen-bond acceptors (Lipinski definition) is 4. The van der Waals surface area contributed by atoms with Crippen molar-refractivity contribution in [3.05, 3.63) is 41.4 Å². The average Bonchev–Trinajstić information content (AvgIpc) is 2.97. The van der Waals surface area contributed by atoms with Gasteiger partial charge in [-0.05, 0) is 19.4 Å². The van der Waals surface area contributed by atoms with Crippen LogP contribution < -0.4 is 10.6 Å². The number of carbonyl (C=O) groups is 1. The van der Waals surface area contributed by atoms with Crippen LogP contribution in [-0.2, 0) is 11.2 Å². The largest absolute Gasteiger partial charge is 0.352 e. The van der Waals surface area contributed by atoms with Crippen LogP contribution in [0, 0.1) is 0 Å². The zero-order valence-corrected chi connectivity index (χ0v) is 12.7. The van der Waals surface area contributed by atoms with E-state index in [-0.39, 0.29) is 11.9 Å². The fourth-order valence-electron chi connectivity index (χ4n) is 2.52. The van der Waals surface area contributed by atoms with E-state index in [4.69, 9.17) is 0 Å². The van der Waals surface area contributed by atoms with Gasteiger partial charge in [0.1, 0.15) is 5.01 Å². The number of nitrogens with zero attached hydrogens (tertiary/aromatic N) is 1. The van der Waals surface area contributed by atoms with Crippen LogP contribution in [0.5, 0.6) is 0 Å². The second-order valence-electron chi connectivity index (χ2n) is 5.30. The highest BCUT2D eigenvalue weighted by Crippen LogP contribution is 2.23. The SMILES string of the molecule is O=C(Cc1csc(-c2ccccc2)n1)N[C@H]1CCCNC1. The van der Waals surface area contributed by atoms with E-state index in [9.17, 15) is 4.79 Å². The maximum Gasteiger partial charge on any atom is 0.226 e. The molecule has 110 valence electrons. The maximum atomic E-state index is 12.1. The molecule has 1 aliphatic heterocycles. The number of amides is 1. The molecule has 1 aromatic heterocycles. The van der Waals surface area contributed by atoms with Gasteiger partial charge in [-0.25, -0.2) is 4.98 Å². The molecule has 1 aromatic carbocycles. The molecule has 21 heavy (non-hydrogen) atoms. The zero-order chi connectivity index (χ0) is 14.5. The van der Waals surface area contributed by atoms with Crippen LogP contribution in [0.3, 0.4) is 0 Å². The first-order valence-corrected chi connectivity index (χ1v) is 8.19. The number of benzene rings is 1. The van der Waals surface area contributed by atoms with Gasteiger partial charge in [-0.3, -0.25) is 4.79 Å². The standard InChI is InChI=1S/C16H19N3OS/c20-15(18-13-7-4-8-17-10-13)9-14-11-21-16(19-14)12-5-2-1-3-6-12/h1-3,5-6,11,13,17H,4,7-10H2,(H,18,20)/t13-/m0/s1. The molecular weight excluding hydrogens is 282 g/mol. The Hall–Kier alpha value is -1.72. The van der Waals surface area contributed by atoms with Gasteiger partial charge in [0, 0.05) is 23.5 Å². The molecule has 0 radical (unpaired) electrons. The zero-order valence-electron chi connectivity index (χ0n) is 11.8. The molecule has 0 unspecified atom stereocenters. The second kappa shape index (κ2) is 6.83. The number of nitrogens with one attached hydrogen (secondary N) is 2. The summed E-state index contributed by atoms with van der Waals surface area (Å²) in [5, 5.41) is 9.32. The van der Waals surface area contributed by atoms with Crippen molar-refractivity contribution in [1.29, 1.82) is 0 Å². The third-order valence-corrected chi connectivity index (χ3v) is 4.52. The number of thiazole rings is 1. The van der Waals surface area contributed by atoms with E-state index in [0.717, 1.165) is 42.2 Å². The Labute approximate surface area is 128 Å². The summed E-state index contributed by atoms with van der Waals surface area (Å²) >= 11 is 1.59. The smallest absolute Gasteiger partial charge is 0.226 e. The monoisotopic (exact) mass is 301 g/mol. The van der Waals surface area contributed by atoms with Crippen molar-refractivity contribution in [3.63, 3.8) is 0 Å². The fourth-order valence-corrected chi connectivity index (χ4v) is 3.35. The van der Waals surface area contributed by atoms with Gasteiger partial charge in [-0.15, -0.1) is 11.3 Å². The summed E-state index contributed by atoms with van der Waals surface area (Å²) < 4.78 is 0. The molecule has 1 amide bonds. The van der Waals surface area contributed by atoms with Gasteiger partial charge < -0.3 is 10.6 Å². The van der Waals surface area contributed by atoms with Crippen molar-refractivity contribution in [1.82, 2.24) is 15.6 Å². The fraction of sp³-hybridized carbons (Fsp3) is 0.375. The van der Waals surface area contributed by atoms with E-state index in [1.807, 2.05) is 35.7 Å². The quantitative estimate of drug-likeness (QED) is 0.910. The maximum absolute atomic E-state index is 12.1. The van der Waals surface area contributed by atoms with Crippen LogP contribution in [-0.4, -0.2) is 30.0 Å². The number of carbonyl (C=O) groups excluding carboxylic acids is 1. The molecule has 0 spiro atoms. The topological polar surface area (TPSA) is 54.0 Å². The van der Waals surface area contributed by atoms with E-state index in [1.54, 1.807) is 11.3 Å². The van der Waals surface area contributed by atoms with E-state index in [2.05, 4.69) is 15.6 Å². The van der Waals surface area contributed by atoms with Crippen LogP contribution in [0.1, 0.15) is 18.5 Å². The lowest BCUT2D eigenvalue weighted by atomic mass is 10.1. The Morgan fingerprint density at radius 2 is 2.24 bits per heavy atom. The minimum absolute atomic E-state index is 0.0635. The van der Waals surface area contributed by atoms with Gasteiger partial charge in [0.05, 0.1) is 12.1 Å². The van der Waals surface area contributed by atoms with Crippen LogP contribution in [0.4, 0.5) is 0 Å². The van der Waals surface area contributed by atoms with E-state index >= 15 is 0 Å². The predicted octanol–water partition coefficient (Wildman–Crippen LogP) is 2.22. The van der Waals surface area contributed by atoms with E-state index < -0.39 is 0 Å². The number of hydrogen-bond donors (Lipinski definition) is 2. The van der Waals surface area contributed by atoms with Crippen molar-refractivity contribution in [2.24, 2.45) is 0 Å². The summed E-state index contributed by atoms with van der Waals surface area (Å²) in [4.78, 5) is 16.6. The molecule has 0 bridgehead atoms. The van der Waals surface area contributed by atoms with Crippen LogP contribution in [0.25, 0.3) is 10.6 Å². The van der Waals surface area contributed by atoms with Crippen molar-refractivity contribution in [2.75, 3.05) is 13.1 Å². The molecule has 0 aliphatic carbocycles. The Balaban J connectivity index is 1.58. The van der Waals surface area contributed by atoms with Crippen molar-refractivity contribution in [3.8, 4) is 10.6 Å². The van der Waals surface area contributed by atoms with Gasteiger partial charge in [-0.2, -0.15) is 0 Å². The Kier molecular flexibility index (Phi) is 4.62. The first kappa shape index (κ1) is 14.2. The van der Waals surface area contributed by atoms with Crippen LogP contribution >= 0.6 is 11.3 Å². The Morgan fingerprint density at radius 1 is 1.38 bits per heavy atom. The summed E-state index contributed by atoms with van der Waals surface area (Å²) in [7, 11) is 0. The summed E-state index contributed by atoms with van der Waals surface area (Å²) in [6, 6.07) is 10.3. The number of piperidine rings is 1.